The number of amides is 1. The molecule has 1 aromatic carbocycles. The van der Waals surface area contributed by atoms with Gasteiger partial charge in [0, 0.05) is 24.3 Å². The molecule has 2 rings (SSSR count). The Labute approximate surface area is 109 Å². The summed E-state index contributed by atoms with van der Waals surface area (Å²) in [4.78, 5) is 11.9. The molecule has 6 heteroatoms. The highest BCUT2D eigenvalue weighted by Gasteiger charge is 2.20. The van der Waals surface area contributed by atoms with Crippen molar-refractivity contribution in [3.05, 3.63) is 29.3 Å². The fourth-order valence-electron chi connectivity index (χ4n) is 2.10. The number of carbonyl (C=O) groups is 1. The third-order valence-corrected chi connectivity index (χ3v) is 3.10. The Morgan fingerprint density at radius 2 is 2.26 bits per heavy atom. The van der Waals surface area contributed by atoms with Crippen LogP contribution in [0.2, 0.25) is 0 Å². The van der Waals surface area contributed by atoms with E-state index < -0.39 is 25.0 Å². The predicted octanol–water partition coefficient (Wildman–Crippen LogP) is 1.40. The topological polar surface area (TPSA) is 61.4 Å². The van der Waals surface area contributed by atoms with Crippen LogP contribution in [-0.4, -0.2) is 36.6 Å². The van der Waals surface area contributed by atoms with E-state index in [1.807, 2.05) is 6.07 Å². The van der Waals surface area contributed by atoms with E-state index in [0.29, 0.717) is 5.56 Å². The lowest BCUT2D eigenvalue weighted by atomic mass is 9.97. The van der Waals surface area contributed by atoms with Gasteiger partial charge in [-0.3, -0.25) is 4.79 Å². The summed E-state index contributed by atoms with van der Waals surface area (Å²) in [6, 6.07) is 5.30. The van der Waals surface area contributed by atoms with Crippen molar-refractivity contribution in [2.75, 3.05) is 18.4 Å². The van der Waals surface area contributed by atoms with Crippen molar-refractivity contribution in [3.8, 4) is 0 Å². The van der Waals surface area contributed by atoms with Crippen LogP contribution in [0.15, 0.2) is 18.2 Å². The van der Waals surface area contributed by atoms with Crippen molar-refractivity contribution in [3.63, 3.8) is 0 Å². The minimum absolute atomic E-state index is 0.430. The molecule has 1 aliphatic heterocycles. The molecule has 1 heterocycles. The molecule has 0 aliphatic carbocycles. The van der Waals surface area contributed by atoms with Gasteiger partial charge < -0.3 is 15.7 Å². The van der Waals surface area contributed by atoms with Crippen LogP contribution >= 0.6 is 0 Å². The molecule has 0 saturated carbocycles. The first-order valence-corrected chi connectivity index (χ1v) is 6.20. The molecule has 0 bridgehead atoms. The van der Waals surface area contributed by atoms with E-state index in [-0.39, 0.29) is 0 Å². The van der Waals surface area contributed by atoms with Crippen LogP contribution in [0.5, 0.6) is 0 Å². The first-order chi connectivity index (χ1) is 9.09. The van der Waals surface area contributed by atoms with Crippen molar-refractivity contribution in [1.82, 2.24) is 5.32 Å². The number of aliphatic hydroxyl groups is 1. The summed E-state index contributed by atoms with van der Waals surface area (Å²) in [7, 11) is 0. The Kier molecular flexibility index (Phi) is 4.31. The number of hydrogen-bond donors (Lipinski definition) is 3. The smallest absolute Gasteiger partial charge is 0.265 e. The highest BCUT2D eigenvalue weighted by Crippen LogP contribution is 2.25. The van der Waals surface area contributed by atoms with Gasteiger partial charge in [0.15, 0.2) is 0 Å². The van der Waals surface area contributed by atoms with Crippen molar-refractivity contribution in [1.29, 1.82) is 0 Å². The zero-order chi connectivity index (χ0) is 13.8. The number of alkyl halides is 2. The molecule has 1 atom stereocenters. The Bertz CT molecular complexity index is 466. The normalized spacial score (nSPS) is 15.6. The number of rotatable bonds is 4. The molecule has 1 aromatic rings. The van der Waals surface area contributed by atoms with E-state index in [1.165, 1.54) is 0 Å². The van der Waals surface area contributed by atoms with Gasteiger partial charge in [-0.25, -0.2) is 8.78 Å². The van der Waals surface area contributed by atoms with Gasteiger partial charge in [-0.2, -0.15) is 0 Å². The van der Waals surface area contributed by atoms with Crippen LogP contribution in [0.3, 0.4) is 0 Å². The molecule has 0 fully saturated rings. The Morgan fingerprint density at radius 3 is 3.00 bits per heavy atom. The van der Waals surface area contributed by atoms with Gasteiger partial charge in [0.05, 0.1) is 0 Å². The number of aliphatic hydroxyl groups excluding tert-OH is 1. The van der Waals surface area contributed by atoms with Crippen molar-refractivity contribution < 1.29 is 18.7 Å². The summed E-state index contributed by atoms with van der Waals surface area (Å²) in [5.74, 6) is -0.430. The maximum absolute atomic E-state index is 12.1. The second-order valence-corrected chi connectivity index (χ2v) is 4.47. The molecule has 19 heavy (non-hydrogen) atoms. The van der Waals surface area contributed by atoms with Gasteiger partial charge >= 0.3 is 0 Å². The number of anilines is 1. The highest BCUT2D eigenvalue weighted by atomic mass is 19.3. The second kappa shape index (κ2) is 5.97. The molecule has 0 spiro atoms. The number of carbonyl (C=O) groups excluding carboxylic acids is 1. The SMILES string of the molecule is O=C(NCC(O)C(F)F)c1cccc2c1CCCN2. The van der Waals surface area contributed by atoms with Gasteiger partial charge in [0.1, 0.15) is 6.10 Å². The predicted molar refractivity (Wildman–Crippen MR) is 67.6 cm³/mol. The van der Waals surface area contributed by atoms with Crippen molar-refractivity contribution in [2.24, 2.45) is 0 Å². The third kappa shape index (κ3) is 3.20. The van der Waals surface area contributed by atoms with Crippen LogP contribution in [0.25, 0.3) is 0 Å². The molecule has 4 nitrogen and oxygen atoms in total. The van der Waals surface area contributed by atoms with Gasteiger partial charge in [-0.1, -0.05) is 6.07 Å². The number of hydrogen-bond acceptors (Lipinski definition) is 3. The monoisotopic (exact) mass is 270 g/mol. The lowest BCUT2D eigenvalue weighted by Gasteiger charge is -2.20. The van der Waals surface area contributed by atoms with Crippen LogP contribution in [0.4, 0.5) is 14.5 Å². The minimum atomic E-state index is -2.85. The summed E-state index contributed by atoms with van der Waals surface area (Å²) in [6.45, 7) is 0.412. The summed E-state index contributed by atoms with van der Waals surface area (Å²) in [5.41, 5.74) is 2.29. The molecular weight excluding hydrogens is 254 g/mol. The molecule has 104 valence electrons. The third-order valence-electron chi connectivity index (χ3n) is 3.10. The van der Waals surface area contributed by atoms with Gasteiger partial charge in [0.25, 0.3) is 12.3 Å². The van der Waals surface area contributed by atoms with Crippen LogP contribution in [0, 0.1) is 0 Å². The minimum Gasteiger partial charge on any atom is -0.385 e. The summed E-state index contributed by atoms with van der Waals surface area (Å²) in [5, 5.41) is 14.5. The van der Waals surface area contributed by atoms with E-state index in [0.717, 1.165) is 30.6 Å². The van der Waals surface area contributed by atoms with Gasteiger partial charge in [0.2, 0.25) is 0 Å². The van der Waals surface area contributed by atoms with Crippen LogP contribution in [0.1, 0.15) is 22.3 Å². The zero-order valence-electron chi connectivity index (χ0n) is 10.3. The Hall–Kier alpha value is -1.69. The standard InChI is InChI=1S/C13H16F2N2O2/c14-12(15)11(18)7-17-13(19)9-3-1-5-10-8(9)4-2-6-16-10/h1,3,5,11-12,16,18H,2,4,6-7H2,(H,17,19). The highest BCUT2D eigenvalue weighted by molar-refractivity contribution is 5.97. The maximum Gasteiger partial charge on any atom is 0.265 e. The first-order valence-electron chi connectivity index (χ1n) is 6.20. The van der Waals surface area contributed by atoms with E-state index in [4.69, 9.17) is 5.11 Å². The molecule has 3 N–H and O–H groups in total. The fourth-order valence-corrected chi connectivity index (χ4v) is 2.10. The number of nitrogens with one attached hydrogen (secondary N) is 2. The molecule has 0 saturated heterocycles. The first kappa shape index (κ1) is 13.7. The van der Waals surface area contributed by atoms with Gasteiger partial charge in [-0.05, 0) is 30.5 Å². The molecule has 1 amide bonds. The number of fused-ring (bicyclic) bond motifs is 1. The summed E-state index contributed by atoms with van der Waals surface area (Å²) >= 11 is 0. The number of benzene rings is 1. The Morgan fingerprint density at radius 1 is 1.47 bits per heavy atom. The largest absolute Gasteiger partial charge is 0.385 e. The molecule has 0 radical (unpaired) electrons. The van der Waals surface area contributed by atoms with Crippen molar-refractivity contribution >= 4 is 11.6 Å². The molecule has 1 aliphatic rings. The lowest BCUT2D eigenvalue weighted by molar-refractivity contribution is -0.00270. The Balaban J connectivity index is 2.07. The quantitative estimate of drug-likeness (QED) is 0.775. The average Bonchev–Trinajstić information content (AvgIpc) is 2.43. The van der Waals surface area contributed by atoms with E-state index in [9.17, 15) is 13.6 Å². The van der Waals surface area contributed by atoms with Crippen LogP contribution < -0.4 is 10.6 Å². The van der Waals surface area contributed by atoms with E-state index >= 15 is 0 Å². The fraction of sp³-hybridized carbons (Fsp3) is 0.462. The number of halogens is 2. The molecule has 1 unspecified atom stereocenters. The van der Waals surface area contributed by atoms with Crippen molar-refractivity contribution in [2.45, 2.75) is 25.4 Å². The van der Waals surface area contributed by atoms with E-state index in [1.54, 1.807) is 12.1 Å². The van der Waals surface area contributed by atoms with Gasteiger partial charge in [-0.15, -0.1) is 0 Å². The maximum atomic E-state index is 12.1. The molecule has 0 aromatic heterocycles. The van der Waals surface area contributed by atoms with E-state index in [2.05, 4.69) is 10.6 Å². The van der Waals surface area contributed by atoms with Crippen LogP contribution in [-0.2, 0) is 6.42 Å². The summed E-state index contributed by atoms with van der Waals surface area (Å²) < 4.78 is 24.3. The zero-order valence-corrected chi connectivity index (χ0v) is 10.3. The lowest BCUT2D eigenvalue weighted by Crippen LogP contribution is -2.36. The second-order valence-electron chi connectivity index (χ2n) is 4.47. The average molecular weight is 270 g/mol. The summed E-state index contributed by atoms with van der Waals surface area (Å²) in [6.07, 6.45) is -2.98. The molecular formula is C13H16F2N2O2.